The number of piperidine rings is 1. The molecule has 34 heavy (non-hydrogen) atoms. The largest absolute Gasteiger partial charge is 0.493 e. The van der Waals surface area contributed by atoms with Gasteiger partial charge < -0.3 is 24.0 Å². The Bertz CT molecular complexity index is 978. The third-order valence-corrected chi connectivity index (χ3v) is 6.97. The van der Waals surface area contributed by atoms with Crippen molar-refractivity contribution in [2.45, 2.75) is 31.6 Å². The quantitative estimate of drug-likeness (QED) is 0.625. The zero-order valence-corrected chi connectivity index (χ0v) is 20.3. The molecule has 7 heteroatoms. The van der Waals surface area contributed by atoms with Crippen LogP contribution in [0.4, 0.5) is 0 Å². The van der Waals surface area contributed by atoms with Crippen molar-refractivity contribution in [3.05, 3.63) is 53.6 Å². The molecule has 0 N–H and O–H groups in total. The van der Waals surface area contributed by atoms with Gasteiger partial charge in [-0.05, 0) is 42.5 Å². The first-order chi connectivity index (χ1) is 16.5. The summed E-state index contributed by atoms with van der Waals surface area (Å²) >= 11 is 0. The highest BCUT2D eigenvalue weighted by Gasteiger charge is 2.42. The van der Waals surface area contributed by atoms with Crippen molar-refractivity contribution in [1.82, 2.24) is 9.80 Å². The molecule has 2 saturated heterocycles. The number of carbonyl (C=O) groups is 2. The zero-order chi connectivity index (χ0) is 24.1. The molecule has 7 nitrogen and oxygen atoms in total. The van der Waals surface area contributed by atoms with Crippen molar-refractivity contribution < 1.29 is 23.8 Å². The first kappa shape index (κ1) is 23.9. The summed E-state index contributed by atoms with van der Waals surface area (Å²) in [6.45, 7) is 2.47. The molecule has 0 aliphatic carbocycles. The maximum Gasteiger partial charge on any atom is 0.228 e. The zero-order valence-electron chi connectivity index (χ0n) is 20.3. The van der Waals surface area contributed by atoms with Gasteiger partial charge in [0, 0.05) is 32.1 Å². The van der Waals surface area contributed by atoms with Gasteiger partial charge in [0.2, 0.25) is 17.6 Å². The molecule has 2 unspecified atom stereocenters. The fourth-order valence-electron chi connectivity index (χ4n) is 5.14. The first-order valence-electron chi connectivity index (χ1n) is 12.0. The van der Waals surface area contributed by atoms with Gasteiger partial charge >= 0.3 is 0 Å². The minimum absolute atomic E-state index is 0.0394. The van der Waals surface area contributed by atoms with Crippen LogP contribution in [0.25, 0.3) is 0 Å². The van der Waals surface area contributed by atoms with Crippen LogP contribution in [0.3, 0.4) is 0 Å². The third-order valence-electron chi connectivity index (χ3n) is 6.97. The molecule has 0 radical (unpaired) electrons. The smallest absolute Gasteiger partial charge is 0.228 e. The van der Waals surface area contributed by atoms with E-state index < -0.39 is 0 Å². The normalized spacial score (nSPS) is 20.2. The van der Waals surface area contributed by atoms with Crippen LogP contribution in [0.15, 0.2) is 42.5 Å². The van der Waals surface area contributed by atoms with E-state index in [1.165, 1.54) is 0 Å². The van der Waals surface area contributed by atoms with Crippen LogP contribution in [0.5, 0.6) is 17.2 Å². The first-order valence-corrected chi connectivity index (χ1v) is 12.0. The summed E-state index contributed by atoms with van der Waals surface area (Å²) < 4.78 is 16.6. The maximum absolute atomic E-state index is 13.6. The maximum atomic E-state index is 13.6. The van der Waals surface area contributed by atoms with Gasteiger partial charge in [-0.15, -0.1) is 0 Å². The van der Waals surface area contributed by atoms with Crippen LogP contribution in [-0.2, 0) is 16.0 Å². The van der Waals surface area contributed by atoms with Gasteiger partial charge in [0.1, 0.15) is 0 Å². The Morgan fingerprint density at radius 3 is 2.09 bits per heavy atom. The number of rotatable bonds is 7. The van der Waals surface area contributed by atoms with Gasteiger partial charge in [-0.2, -0.15) is 0 Å². The number of methoxy groups -OCH3 is 3. The minimum Gasteiger partial charge on any atom is -0.493 e. The minimum atomic E-state index is -0.305. The van der Waals surface area contributed by atoms with Gasteiger partial charge in [0.15, 0.2) is 11.5 Å². The highest BCUT2D eigenvalue weighted by atomic mass is 16.5. The van der Waals surface area contributed by atoms with Crippen molar-refractivity contribution in [3.8, 4) is 17.2 Å². The van der Waals surface area contributed by atoms with Crippen LogP contribution in [0.1, 0.15) is 36.3 Å². The fraction of sp³-hybridized carbons (Fsp3) is 0.481. The van der Waals surface area contributed by atoms with Crippen molar-refractivity contribution in [2.24, 2.45) is 5.92 Å². The Morgan fingerprint density at radius 1 is 0.853 bits per heavy atom. The van der Waals surface area contributed by atoms with Crippen LogP contribution in [-0.4, -0.2) is 69.1 Å². The lowest BCUT2D eigenvalue weighted by molar-refractivity contribution is -0.136. The number of carbonyl (C=O) groups excluding carboxylic acids is 2. The predicted molar refractivity (Wildman–Crippen MR) is 129 cm³/mol. The number of ether oxygens (including phenoxy) is 3. The molecule has 0 spiro atoms. The standard InChI is InChI=1S/C27H34N2O5/c1-32-23-15-20(16-24(33-2)26(23)34-3)21-17-29(25(30)14-19-10-6-4-7-11-19)18-22(21)27(31)28-12-8-5-9-13-28/h4,6-7,10-11,15-16,21-22H,5,8-9,12-14,17-18H2,1-3H3. The molecular weight excluding hydrogens is 432 g/mol. The summed E-state index contributed by atoms with van der Waals surface area (Å²) in [5, 5.41) is 0. The van der Waals surface area contributed by atoms with Crippen LogP contribution in [0, 0.1) is 5.92 Å². The average Bonchev–Trinajstić information content (AvgIpc) is 3.34. The molecule has 2 fully saturated rings. The Kier molecular flexibility index (Phi) is 7.60. The van der Waals surface area contributed by atoms with Crippen LogP contribution < -0.4 is 14.2 Å². The number of hydrogen-bond acceptors (Lipinski definition) is 5. The molecule has 0 bridgehead atoms. The van der Waals surface area contributed by atoms with Crippen molar-refractivity contribution in [2.75, 3.05) is 47.5 Å². The lowest BCUT2D eigenvalue weighted by Gasteiger charge is -2.31. The van der Waals surface area contributed by atoms with Gasteiger partial charge in [0.05, 0.1) is 33.7 Å². The van der Waals surface area contributed by atoms with Gasteiger partial charge in [-0.1, -0.05) is 30.3 Å². The second kappa shape index (κ2) is 10.8. The Hall–Kier alpha value is -3.22. The summed E-state index contributed by atoms with van der Waals surface area (Å²) in [5.41, 5.74) is 1.89. The molecule has 2 amide bonds. The average molecular weight is 467 g/mol. The molecule has 0 aromatic heterocycles. The topological polar surface area (TPSA) is 68.3 Å². The summed E-state index contributed by atoms with van der Waals surface area (Å²) in [5.74, 6) is 1.34. The molecule has 0 saturated carbocycles. The van der Waals surface area contributed by atoms with E-state index in [1.54, 1.807) is 21.3 Å². The number of benzene rings is 2. The second-order valence-electron chi connectivity index (χ2n) is 9.02. The van der Waals surface area contributed by atoms with Crippen LogP contribution in [0.2, 0.25) is 0 Å². The molecule has 182 valence electrons. The Morgan fingerprint density at radius 2 is 1.50 bits per heavy atom. The summed E-state index contributed by atoms with van der Waals surface area (Å²) in [6.07, 6.45) is 3.55. The summed E-state index contributed by atoms with van der Waals surface area (Å²) in [4.78, 5) is 30.7. The highest BCUT2D eigenvalue weighted by molar-refractivity contribution is 5.84. The lowest BCUT2D eigenvalue weighted by atomic mass is 9.87. The van der Waals surface area contributed by atoms with E-state index in [0.29, 0.717) is 36.8 Å². The van der Waals surface area contributed by atoms with Gasteiger partial charge in [-0.25, -0.2) is 0 Å². The van der Waals surface area contributed by atoms with E-state index in [9.17, 15) is 9.59 Å². The second-order valence-corrected chi connectivity index (χ2v) is 9.02. The number of nitrogens with zero attached hydrogens (tertiary/aromatic N) is 2. The Labute approximate surface area is 201 Å². The van der Waals surface area contributed by atoms with Gasteiger partial charge in [-0.3, -0.25) is 9.59 Å². The molecule has 2 aliphatic heterocycles. The van der Waals surface area contributed by atoms with Crippen LogP contribution >= 0.6 is 0 Å². The van der Waals surface area contributed by atoms with Crippen molar-refractivity contribution in [1.29, 1.82) is 0 Å². The molecule has 2 atom stereocenters. The van der Waals surface area contributed by atoms with E-state index in [4.69, 9.17) is 14.2 Å². The lowest BCUT2D eigenvalue weighted by Crippen LogP contribution is -2.42. The molecule has 2 aromatic carbocycles. The highest BCUT2D eigenvalue weighted by Crippen LogP contribution is 2.43. The summed E-state index contributed by atoms with van der Waals surface area (Å²) in [7, 11) is 4.74. The summed E-state index contributed by atoms with van der Waals surface area (Å²) in [6, 6.07) is 13.6. The molecule has 2 aromatic rings. The van der Waals surface area contributed by atoms with Crippen molar-refractivity contribution in [3.63, 3.8) is 0 Å². The monoisotopic (exact) mass is 466 g/mol. The third kappa shape index (κ3) is 4.98. The van der Waals surface area contributed by atoms with E-state index in [-0.39, 0.29) is 23.7 Å². The Balaban J connectivity index is 1.64. The fourth-order valence-corrected chi connectivity index (χ4v) is 5.14. The molecule has 2 aliphatic rings. The number of amides is 2. The van der Waals surface area contributed by atoms with E-state index in [1.807, 2.05) is 52.3 Å². The van der Waals surface area contributed by atoms with E-state index in [0.717, 1.165) is 43.5 Å². The van der Waals surface area contributed by atoms with E-state index >= 15 is 0 Å². The van der Waals surface area contributed by atoms with Crippen molar-refractivity contribution >= 4 is 11.8 Å². The molecule has 2 heterocycles. The molecule has 4 rings (SSSR count). The van der Waals surface area contributed by atoms with Gasteiger partial charge in [0.25, 0.3) is 0 Å². The number of hydrogen-bond donors (Lipinski definition) is 0. The predicted octanol–water partition coefficient (Wildman–Crippen LogP) is 3.51. The SMILES string of the molecule is COc1cc(C2CN(C(=O)Cc3ccccc3)CC2C(=O)N2CCCCC2)cc(OC)c1OC. The molecular formula is C27H34N2O5. The van der Waals surface area contributed by atoms with E-state index in [2.05, 4.69) is 0 Å². The number of likely N-dealkylation sites (tertiary alicyclic amines) is 2.